The van der Waals surface area contributed by atoms with Gasteiger partial charge in [-0.15, -0.1) is 0 Å². The molecule has 0 aromatic heterocycles. The number of carbonyl (C=O) groups is 2. The fourth-order valence-electron chi connectivity index (χ4n) is 14.8. The molecule has 0 saturated carbocycles. The monoisotopic (exact) mass is 1020 g/mol. The van der Waals surface area contributed by atoms with Crippen molar-refractivity contribution in [3.8, 4) is 0 Å². The van der Waals surface area contributed by atoms with Crippen LogP contribution < -0.4 is 0 Å². The highest BCUT2D eigenvalue weighted by Gasteiger charge is 2.57. The first-order valence-electron chi connectivity index (χ1n) is 28.2. The van der Waals surface area contributed by atoms with E-state index in [1.54, 1.807) is 6.07 Å². The largest absolute Gasteiger partial charge is 0.459 e. The standard InChI is InChI=1S/C60H78O14/c1-33-24-46-49(29-55(62)70-46)69-54-28-48-50(74-59(54,4)30-33)25-35(3)56-45(67-48)18-9-8-17-41-42(71-56)19-11-21-44-43(66-41)20-12-22-53-60(5,73-44)31-52-47(68-53)27-51-57(72-52)40(61)26-37(65-51)23-34(2)32-64-58(63)39-16-10-14-36-13-6-7-15-38(36)39/h6-11,13-16,21,33,35,37,40-54,56-57,61H,2,12,17-20,22-32H2,1,3-5H3/t33-,35+,37-,40+,41?,42+,43?,44-,45?,46+,47?,48?,49?,50+,51?,52-,53?,54?,56-,57+,59-,60+/m1/s1. The Morgan fingerprint density at radius 1 is 0.676 bits per heavy atom. The van der Waals surface area contributed by atoms with Crippen LogP contribution in [0.1, 0.15) is 134 Å². The van der Waals surface area contributed by atoms with Crippen LogP contribution in [0.4, 0.5) is 0 Å². The molecule has 12 rings (SSSR count). The van der Waals surface area contributed by atoms with Crippen LogP contribution in [-0.2, 0) is 56.9 Å². The van der Waals surface area contributed by atoms with Crippen molar-refractivity contribution in [2.75, 3.05) is 6.61 Å². The first-order valence-corrected chi connectivity index (χ1v) is 28.2. The van der Waals surface area contributed by atoms with Gasteiger partial charge in [-0.3, -0.25) is 4.79 Å². The summed E-state index contributed by atoms with van der Waals surface area (Å²) >= 11 is 0. The van der Waals surface area contributed by atoms with E-state index in [0.29, 0.717) is 50.0 Å². The van der Waals surface area contributed by atoms with E-state index in [1.165, 1.54) is 0 Å². The molecule has 0 spiro atoms. The molecule has 14 heteroatoms. The van der Waals surface area contributed by atoms with Crippen LogP contribution in [0.2, 0.25) is 0 Å². The van der Waals surface area contributed by atoms with Gasteiger partial charge in [0.25, 0.3) is 0 Å². The summed E-state index contributed by atoms with van der Waals surface area (Å²) in [7, 11) is 0. The predicted molar refractivity (Wildman–Crippen MR) is 272 cm³/mol. The van der Waals surface area contributed by atoms with Crippen molar-refractivity contribution >= 4 is 22.7 Å². The van der Waals surface area contributed by atoms with Gasteiger partial charge in [-0.05, 0) is 112 Å². The van der Waals surface area contributed by atoms with Gasteiger partial charge in [0.05, 0.1) is 109 Å². The third kappa shape index (κ3) is 10.4. The summed E-state index contributed by atoms with van der Waals surface area (Å²) in [5.41, 5.74) is 0.104. The molecule has 8 saturated heterocycles. The van der Waals surface area contributed by atoms with Crippen molar-refractivity contribution in [1.29, 1.82) is 0 Å². The highest BCUT2D eigenvalue weighted by Crippen LogP contribution is 2.49. The molecule has 74 heavy (non-hydrogen) atoms. The van der Waals surface area contributed by atoms with Crippen LogP contribution in [0.3, 0.4) is 0 Å². The van der Waals surface area contributed by atoms with Gasteiger partial charge in [0.1, 0.15) is 31.0 Å². The number of hydrogen-bond donors (Lipinski definition) is 1. The van der Waals surface area contributed by atoms with E-state index in [-0.39, 0.29) is 123 Å². The molecule has 10 heterocycles. The van der Waals surface area contributed by atoms with E-state index in [1.807, 2.05) is 36.4 Å². The number of carbonyl (C=O) groups excluding carboxylic acids is 2. The first-order chi connectivity index (χ1) is 35.7. The topological polar surface area (TPSA) is 156 Å². The second-order valence-corrected chi connectivity index (χ2v) is 24.3. The van der Waals surface area contributed by atoms with E-state index in [0.717, 1.165) is 67.7 Å². The maximum Gasteiger partial charge on any atom is 0.339 e. The number of aliphatic hydroxyl groups excluding tert-OH is 1. The summed E-state index contributed by atoms with van der Waals surface area (Å²) in [6.45, 7) is 13.2. The Morgan fingerprint density at radius 2 is 1.42 bits per heavy atom. The molecule has 1 N–H and O–H groups in total. The molecule has 14 nitrogen and oxygen atoms in total. The summed E-state index contributed by atoms with van der Waals surface area (Å²) in [4.78, 5) is 25.5. The number of hydrogen-bond acceptors (Lipinski definition) is 14. The minimum Gasteiger partial charge on any atom is -0.459 e. The molecule has 22 atom stereocenters. The summed E-state index contributed by atoms with van der Waals surface area (Å²) in [5, 5.41) is 13.4. The average Bonchev–Trinajstić information content (AvgIpc) is 3.67. The van der Waals surface area contributed by atoms with Gasteiger partial charge in [0.2, 0.25) is 0 Å². The van der Waals surface area contributed by atoms with Crippen molar-refractivity contribution < 1.29 is 66.8 Å². The lowest BCUT2D eigenvalue weighted by Gasteiger charge is -2.55. The lowest BCUT2D eigenvalue weighted by molar-refractivity contribution is -0.316. The SMILES string of the molecule is C=C(COC(=O)c1cccc2ccccc12)C[C@@H]1C[C@H](O)[C@@H]2O[C@@H]3C[C@]4(C)O[C@@H]5C=CC[C@@H]6O[C@H]7C(CC=CCC6OC5CCCC4OC3CC2O1)OC1CC2OC3CC(=O)O[C@H]3C[C@@H](C)C[C@@]2(C)O[C@H]1C[C@@H]7C. The molecule has 8 fully saturated rings. The van der Waals surface area contributed by atoms with Gasteiger partial charge >= 0.3 is 11.9 Å². The van der Waals surface area contributed by atoms with Gasteiger partial charge in [-0.2, -0.15) is 0 Å². The van der Waals surface area contributed by atoms with E-state index >= 15 is 0 Å². The van der Waals surface area contributed by atoms with Crippen molar-refractivity contribution in [2.24, 2.45) is 11.8 Å². The zero-order valence-corrected chi connectivity index (χ0v) is 43.7. The molecule has 0 aliphatic carbocycles. The third-order valence-corrected chi connectivity index (χ3v) is 18.4. The molecule has 10 aliphatic heterocycles. The zero-order valence-electron chi connectivity index (χ0n) is 43.7. The van der Waals surface area contributed by atoms with Crippen LogP contribution in [-0.4, -0.2) is 145 Å². The van der Waals surface area contributed by atoms with Crippen LogP contribution in [0, 0.1) is 11.8 Å². The maximum atomic E-state index is 13.1. The average molecular weight is 1020 g/mol. The van der Waals surface area contributed by atoms with Crippen LogP contribution >= 0.6 is 0 Å². The number of aliphatic hydroxyl groups is 1. The molecule has 2 aromatic carbocycles. The van der Waals surface area contributed by atoms with Gasteiger partial charge < -0.3 is 57.2 Å². The maximum absolute atomic E-state index is 13.1. The molecule has 402 valence electrons. The molecular weight excluding hydrogens is 945 g/mol. The lowest BCUT2D eigenvalue weighted by Crippen LogP contribution is -2.65. The van der Waals surface area contributed by atoms with Gasteiger partial charge in [-0.25, -0.2) is 4.79 Å². The van der Waals surface area contributed by atoms with Crippen LogP contribution in [0.15, 0.2) is 78.9 Å². The third-order valence-electron chi connectivity index (χ3n) is 18.4. The van der Waals surface area contributed by atoms with E-state index < -0.39 is 29.4 Å². The lowest BCUT2D eigenvalue weighted by atomic mass is 9.78. The van der Waals surface area contributed by atoms with Crippen LogP contribution in [0.5, 0.6) is 0 Å². The molecule has 2 aromatic rings. The summed E-state index contributed by atoms with van der Waals surface area (Å²) in [6, 6.07) is 13.4. The fraction of sp³-hybridized carbons (Fsp3) is 0.700. The number of benzene rings is 2. The summed E-state index contributed by atoms with van der Waals surface area (Å²) in [6.07, 6.45) is 14.6. The molecule has 0 radical (unpaired) electrons. The Morgan fingerprint density at radius 3 is 2.30 bits per heavy atom. The van der Waals surface area contributed by atoms with Crippen molar-refractivity contribution in [2.45, 2.75) is 245 Å². The van der Waals surface area contributed by atoms with Crippen molar-refractivity contribution in [3.05, 3.63) is 84.5 Å². The second kappa shape index (κ2) is 21.0. The summed E-state index contributed by atoms with van der Waals surface area (Å²) < 4.78 is 74.6. The number of rotatable bonds is 5. The normalized spacial score (nSPS) is 46.1. The van der Waals surface area contributed by atoms with E-state index in [2.05, 4.69) is 58.6 Å². The molecule has 0 amide bonds. The Labute approximate surface area is 436 Å². The van der Waals surface area contributed by atoms with Crippen LogP contribution in [0.25, 0.3) is 10.8 Å². The fourth-order valence-corrected chi connectivity index (χ4v) is 14.8. The molecule has 10 aliphatic rings. The highest BCUT2D eigenvalue weighted by molar-refractivity contribution is 6.04. The highest BCUT2D eigenvalue weighted by atomic mass is 16.6. The van der Waals surface area contributed by atoms with Gasteiger partial charge in [0.15, 0.2) is 0 Å². The van der Waals surface area contributed by atoms with Gasteiger partial charge in [0, 0.05) is 25.7 Å². The molecule has 0 bridgehead atoms. The second-order valence-electron chi connectivity index (χ2n) is 24.3. The molecule has 9 unspecified atom stereocenters. The Bertz CT molecular complexity index is 2440. The van der Waals surface area contributed by atoms with E-state index in [4.69, 9.17) is 52.1 Å². The number of ether oxygens (including phenoxy) is 11. The number of fused-ring (bicyclic) bond motifs is 10. The van der Waals surface area contributed by atoms with Crippen molar-refractivity contribution in [3.63, 3.8) is 0 Å². The Hall–Kier alpha value is -3.54. The smallest absolute Gasteiger partial charge is 0.339 e. The predicted octanol–water partition coefficient (Wildman–Crippen LogP) is 8.76. The zero-order chi connectivity index (χ0) is 50.9. The minimum atomic E-state index is -0.733. The molecular formula is C60H78O14. The van der Waals surface area contributed by atoms with Crippen molar-refractivity contribution in [1.82, 2.24) is 0 Å². The van der Waals surface area contributed by atoms with Gasteiger partial charge in [-0.1, -0.05) is 81.1 Å². The Kier molecular flexibility index (Phi) is 14.5. The summed E-state index contributed by atoms with van der Waals surface area (Å²) in [5.74, 6) is -0.0777. The van der Waals surface area contributed by atoms with E-state index in [9.17, 15) is 14.7 Å². The first kappa shape index (κ1) is 51.2. The minimum absolute atomic E-state index is 0.0681. The quantitative estimate of drug-likeness (QED) is 0.224. The number of esters is 2. The Balaban J connectivity index is 0.672.